The summed E-state index contributed by atoms with van der Waals surface area (Å²) >= 11 is 0. The first-order chi connectivity index (χ1) is 9.24. The van der Waals surface area contributed by atoms with Crippen LogP contribution in [-0.4, -0.2) is 49.1 Å². The van der Waals surface area contributed by atoms with Crippen LogP contribution in [0.15, 0.2) is 24.5 Å². The molecule has 0 saturated heterocycles. The number of likely N-dealkylation sites (N-methyl/N-ethyl adjacent to an activating group) is 1. The molecule has 19 heavy (non-hydrogen) atoms. The summed E-state index contributed by atoms with van der Waals surface area (Å²) in [6.45, 7) is 2.04. The van der Waals surface area contributed by atoms with Crippen LogP contribution in [0.5, 0.6) is 0 Å². The summed E-state index contributed by atoms with van der Waals surface area (Å²) in [7, 11) is 1.78. The van der Waals surface area contributed by atoms with E-state index >= 15 is 0 Å². The molecule has 0 fully saturated rings. The molecule has 0 saturated carbocycles. The Bertz CT molecular complexity index is 357. The van der Waals surface area contributed by atoms with E-state index in [4.69, 9.17) is 10.5 Å². The van der Waals surface area contributed by atoms with Gasteiger partial charge in [0.1, 0.15) is 6.61 Å². The molecule has 0 aliphatic rings. The first-order valence-electron chi connectivity index (χ1n) is 6.64. The summed E-state index contributed by atoms with van der Waals surface area (Å²) in [5, 5.41) is 0. The lowest BCUT2D eigenvalue weighted by Gasteiger charge is -2.16. The van der Waals surface area contributed by atoms with E-state index in [-0.39, 0.29) is 12.5 Å². The van der Waals surface area contributed by atoms with Crippen molar-refractivity contribution in [2.75, 3.05) is 33.4 Å². The fraction of sp³-hybridized carbons (Fsp3) is 0.571. The van der Waals surface area contributed by atoms with Gasteiger partial charge in [0.2, 0.25) is 5.91 Å². The highest BCUT2D eigenvalue weighted by molar-refractivity contribution is 5.77. The highest BCUT2D eigenvalue weighted by atomic mass is 16.5. The van der Waals surface area contributed by atoms with Crippen LogP contribution in [0.2, 0.25) is 0 Å². The van der Waals surface area contributed by atoms with Crippen LogP contribution in [0, 0.1) is 0 Å². The normalized spacial score (nSPS) is 10.4. The Hall–Kier alpha value is -1.46. The van der Waals surface area contributed by atoms with Crippen LogP contribution in [0.1, 0.15) is 18.4 Å². The topological polar surface area (TPSA) is 68.5 Å². The minimum absolute atomic E-state index is 0.0114. The Balaban J connectivity index is 2.05. The molecule has 106 valence electrons. The molecule has 0 radical (unpaired) electrons. The Morgan fingerprint density at radius 2 is 2.11 bits per heavy atom. The van der Waals surface area contributed by atoms with Gasteiger partial charge in [-0.1, -0.05) is 0 Å². The molecule has 1 heterocycles. The maximum absolute atomic E-state index is 11.6. The van der Waals surface area contributed by atoms with Crippen molar-refractivity contribution in [2.45, 2.75) is 19.3 Å². The fourth-order valence-electron chi connectivity index (χ4n) is 1.65. The van der Waals surface area contributed by atoms with Crippen LogP contribution < -0.4 is 5.73 Å². The number of pyridine rings is 1. The smallest absolute Gasteiger partial charge is 0.248 e. The molecule has 0 spiro atoms. The van der Waals surface area contributed by atoms with Gasteiger partial charge in [0.25, 0.3) is 0 Å². The van der Waals surface area contributed by atoms with Crippen LogP contribution in [0.3, 0.4) is 0 Å². The average Bonchev–Trinajstić information content (AvgIpc) is 2.45. The van der Waals surface area contributed by atoms with E-state index in [2.05, 4.69) is 4.98 Å². The second-order valence-electron chi connectivity index (χ2n) is 4.47. The minimum atomic E-state index is 0.0114. The molecule has 1 aromatic heterocycles. The van der Waals surface area contributed by atoms with Crippen molar-refractivity contribution in [2.24, 2.45) is 5.73 Å². The lowest BCUT2D eigenvalue weighted by atomic mass is 10.1. The molecule has 0 aromatic carbocycles. The number of amides is 1. The Labute approximate surface area is 114 Å². The van der Waals surface area contributed by atoms with E-state index in [0.717, 1.165) is 19.3 Å². The predicted octanol–water partition coefficient (Wildman–Crippen LogP) is 0.838. The molecule has 0 bridgehead atoms. The zero-order valence-electron chi connectivity index (χ0n) is 11.5. The van der Waals surface area contributed by atoms with Gasteiger partial charge < -0.3 is 15.4 Å². The van der Waals surface area contributed by atoms with Crippen molar-refractivity contribution >= 4 is 5.91 Å². The van der Waals surface area contributed by atoms with Crippen LogP contribution in [-0.2, 0) is 16.0 Å². The second-order valence-corrected chi connectivity index (χ2v) is 4.47. The molecule has 5 heteroatoms. The molecule has 2 N–H and O–H groups in total. The molecule has 1 amide bonds. The van der Waals surface area contributed by atoms with Crippen LogP contribution >= 0.6 is 0 Å². The predicted molar refractivity (Wildman–Crippen MR) is 74.7 cm³/mol. The molecule has 0 atom stereocenters. The number of hydrogen-bond acceptors (Lipinski definition) is 4. The summed E-state index contributed by atoms with van der Waals surface area (Å²) in [6.07, 6.45) is 6.24. The van der Waals surface area contributed by atoms with Crippen molar-refractivity contribution in [3.05, 3.63) is 30.1 Å². The quantitative estimate of drug-likeness (QED) is 0.672. The summed E-state index contributed by atoms with van der Waals surface area (Å²) in [5.74, 6) is 0.0114. The largest absolute Gasteiger partial charge is 0.372 e. The number of nitrogens with zero attached hydrogens (tertiary/aromatic N) is 2. The van der Waals surface area contributed by atoms with Crippen molar-refractivity contribution in [3.8, 4) is 0 Å². The number of ether oxygens (including phenoxy) is 1. The van der Waals surface area contributed by atoms with Crippen molar-refractivity contribution in [1.82, 2.24) is 9.88 Å². The van der Waals surface area contributed by atoms with E-state index < -0.39 is 0 Å². The molecule has 0 unspecified atom stereocenters. The highest BCUT2D eigenvalue weighted by Crippen LogP contribution is 2.01. The third-order valence-electron chi connectivity index (χ3n) is 2.85. The lowest BCUT2D eigenvalue weighted by molar-refractivity contribution is -0.134. The number of nitrogens with two attached hydrogens (primary N) is 1. The Kier molecular flexibility index (Phi) is 7.77. The van der Waals surface area contributed by atoms with Crippen molar-refractivity contribution in [1.29, 1.82) is 0 Å². The first kappa shape index (κ1) is 15.6. The maximum Gasteiger partial charge on any atom is 0.248 e. The van der Waals surface area contributed by atoms with Gasteiger partial charge in [-0.05, 0) is 43.5 Å². The monoisotopic (exact) mass is 265 g/mol. The fourth-order valence-corrected chi connectivity index (χ4v) is 1.65. The maximum atomic E-state index is 11.6. The van der Waals surface area contributed by atoms with Gasteiger partial charge in [-0.3, -0.25) is 9.78 Å². The minimum Gasteiger partial charge on any atom is -0.372 e. The van der Waals surface area contributed by atoms with Crippen LogP contribution in [0.4, 0.5) is 0 Å². The van der Waals surface area contributed by atoms with E-state index in [1.54, 1.807) is 24.3 Å². The lowest BCUT2D eigenvalue weighted by Crippen LogP contribution is -2.32. The van der Waals surface area contributed by atoms with E-state index in [1.165, 1.54) is 5.56 Å². The molecule has 1 rings (SSSR count). The Morgan fingerprint density at radius 3 is 2.79 bits per heavy atom. The number of carbonyl (C=O) groups is 1. The zero-order valence-corrected chi connectivity index (χ0v) is 11.5. The summed E-state index contributed by atoms with van der Waals surface area (Å²) < 4.78 is 5.38. The second kappa shape index (κ2) is 9.47. The van der Waals surface area contributed by atoms with Gasteiger partial charge in [0.05, 0.1) is 0 Å². The summed E-state index contributed by atoms with van der Waals surface area (Å²) in [4.78, 5) is 17.3. The van der Waals surface area contributed by atoms with E-state index in [9.17, 15) is 4.79 Å². The Morgan fingerprint density at radius 1 is 1.37 bits per heavy atom. The summed E-state index contributed by atoms with van der Waals surface area (Å²) in [5.41, 5.74) is 6.64. The average molecular weight is 265 g/mol. The van der Waals surface area contributed by atoms with Gasteiger partial charge in [0.15, 0.2) is 0 Å². The first-order valence-corrected chi connectivity index (χ1v) is 6.64. The van der Waals surface area contributed by atoms with Crippen molar-refractivity contribution in [3.63, 3.8) is 0 Å². The van der Waals surface area contributed by atoms with Gasteiger partial charge >= 0.3 is 0 Å². The van der Waals surface area contributed by atoms with Crippen molar-refractivity contribution < 1.29 is 9.53 Å². The number of aromatic nitrogens is 1. The third kappa shape index (κ3) is 6.88. The molecule has 1 aromatic rings. The molecular formula is C14H23N3O2. The third-order valence-corrected chi connectivity index (χ3v) is 2.85. The van der Waals surface area contributed by atoms with Crippen LogP contribution in [0.25, 0.3) is 0 Å². The van der Waals surface area contributed by atoms with E-state index in [0.29, 0.717) is 19.7 Å². The summed E-state index contributed by atoms with van der Waals surface area (Å²) in [6, 6.07) is 3.98. The van der Waals surface area contributed by atoms with E-state index in [1.807, 2.05) is 12.1 Å². The number of carbonyl (C=O) groups excluding carboxylic acids is 1. The molecular weight excluding hydrogens is 242 g/mol. The van der Waals surface area contributed by atoms with Gasteiger partial charge in [0, 0.05) is 32.6 Å². The number of hydrogen-bond donors (Lipinski definition) is 1. The standard InChI is InChI=1S/C14H23N3O2/c1-17(10-3-7-15)14(18)12-19-11-2-4-13-5-8-16-9-6-13/h5-6,8-9H,2-4,7,10-12,15H2,1H3. The SMILES string of the molecule is CN(CCCN)C(=O)COCCCc1ccncc1. The van der Waals surface area contributed by atoms with Gasteiger partial charge in [-0.2, -0.15) is 0 Å². The zero-order chi connectivity index (χ0) is 13.9. The molecule has 5 nitrogen and oxygen atoms in total. The number of aryl methyl sites for hydroxylation is 1. The van der Waals surface area contributed by atoms with Gasteiger partial charge in [-0.25, -0.2) is 0 Å². The number of rotatable bonds is 9. The highest BCUT2D eigenvalue weighted by Gasteiger charge is 2.07. The molecule has 0 aliphatic carbocycles. The van der Waals surface area contributed by atoms with Gasteiger partial charge in [-0.15, -0.1) is 0 Å². The molecule has 0 aliphatic heterocycles.